The predicted octanol–water partition coefficient (Wildman–Crippen LogP) is 4.98. The smallest absolute Gasteiger partial charge is 0.227 e. The number of allylic oxidation sites excluding steroid dienone is 2. The Morgan fingerprint density at radius 2 is 1.74 bits per heavy atom. The fourth-order valence-electron chi connectivity index (χ4n) is 5.73. The van der Waals surface area contributed by atoms with Crippen LogP contribution < -0.4 is 0 Å². The van der Waals surface area contributed by atoms with Crippen molar-refractivity contribution in [3.8, 4) is 0 Å². The molecule has 188 valence electrons. The van der Waals surface area contributed by atoms with E-state index in [4.69, 9.17) is 4.74 Å². The summed E-state index contributed by atoms with van der Waals surface area (Å²) in [4.78, 5) is 2.46. The third kappa shape index (κ3) is 5.67. The molecule has 2 saturated heterocycles. The molecule has 34 heavy (non-hydrogen) atoms. The molecule has 0 bridgehead atoms. The topological polar surface area (TPSA) is 49.9 Å². The summed E-state index contributed by atoms with van der Waals surface area (Å²) in [6.45, 7) is 8.92. The molecule has 2 fully saturated rings. The molecule has 0 N–H and O–H groups in total. The highest BCUT2D eigenvalue weighted by Gasteiger charge is 2.45. The van der Waals surface area contributed by atoms with Crippen LogP contribution >= 0.6 is 0 Å². The maximum atomic E-state index is 14.1. The van der Waals surface area contributed by atoms with Crippen LogP contribution in [0.3, 0.4) is 0 Å². The Morgan fingerprint density at radius 1 is 1.03 bits per heavy atom. The van der Waals surface area contributed by atoms with Crippen molar-refractivity contribution in [2.45, 2.75) is 69.1 Å². The minimum absolute atomic E-state index is 0.125. The number of hydrogen-bond acceptors (Lipinski definition) is 4. The molecule has 1 unspecified atom stereocenters. The second-order valence-electron chi connectivity index (χ2n) is 10.2. The van der Waals surface area contributed by atoms with Crippen LogP contribution in [-0.2, 0) is 14.8 Å². The normalized spacial score (nSPS) is 29.1. The number of hydrogen-bond donors (Lipinski definition) is 0. The van der Waals surface area contributed by atoms with Crippen molar-refractivity contribution in [2.24, 2.45) is 5.92 Å². The minimum Gasteiger partial charge on any atom is -0.382 e. The van der Waals surface area contributed by atoms with E-state index in [2.05, 4.69) is 36.1 Å². The van der Waals surface area contributed by atoms with E-state index in [1.807, 2.05) is 37.3 Å². The largest absolute Gasteiger partial charge is 0.382 e. The van der Waals surface area contributed by atoms with E-state index in [1.165, 1.54) is 18.4 Å². The third-order valence-electron chi connectivity index (χ3n) is 8.10. The zero-order valence-corrected chi connectivity index (χ0v) is 21.8. The van der Waals surface area contributed by atoms with Gasteiger partial charge in [-0.15, -0.1) is 0 Å². The van der Waals surface area contributed by atoms with Gasteiger partial charge in [-0.1, -0.05) is 54.6 Å². The lowest BCUT2D eigenvalue weighted by Gasteiger charge is -2.40. The zero-order chi connectivity index (χ0) is 24.0. The molecular formula is C28H42N2O3S. The number of piperidine rings is 1. The molecule has 0 radical (unpaired) electrons. The Labute approximate surface area is 206 Å². The van der Waals surface area contributed by atoms with E-state index >= 15 is 0 Å². The van der Waals surface area contributed by atoms with Gasteiger partial charge >= 0.3 is 0 Å². The molecule has 4 rings (SSSR count). The molecule has 1 atom stereocenters. The first kappa shape index (κ1) is 25.6. The summed E-state index contributed by atoms with van der Waals surface area (Å²) in [7, 11) is -3.51. The summed E-state index contributed by atoms with van der Waals surface area (Å²) in [5, 5.41) is 0. The fraction of sp³-hybridized carbons (Fsp3) is 0.643. The van der Waals surface area contributed by atoms with E-state index in [0.717, 1.165) is 45.6 Å². The summed E-state index contributed by atoms with van der Waals surface area (Å²) in [5.74, 6) is 0.679. The maximum Gasteiger partial charge on any atom is 0.227 e. The van der Waals surface area contributed by atoms with Crippen LogP contribution in [0.4, 0.5) is 0 Å². The first-order valence-electron chi connectivity index (χ1n) is 13.2. The summed E-state index contributed by atoms with van der Waals surface area (Å²) >= 11 is 0. The molecule has 1 aromatic carbocycles. The van der Waals surface area contributed by atoms with E-state index in [0.29, 0.717) is 31.5 Å². The third-order valence-corrected chi connectivity index (χ3v) is 10.6. The lowest BCUT2D eigenvalue weighted by molar-refractivity contribution is 0.121. The number of ether oxygens (including phenoxy) is 1. The van der Waals surface area contributed by atoms with E-state index in [9.17, 15) is 8.42 Å². The van der Waals surface area contributed by atoms with Crippen molar-refractivity contribution in [2.75, 3.05) is 39.4 Å². The summed E-state index contributed by atoms with van der Waals surface area (Å²) in [5.41, 5.74) is 1.20. The highest BCUT2D eigenvalue weighted by molar-refractivity contribution is 7.90. The van der Waals surface area contributed by atoms with Gasteiger partial charge < -0.3 is 9.64 Å². The van der Waals surface area contributed by atoms with Gasteiger partial charge in [-0.2, -0.15) is 0 Å². The number of benzene rings is 1. The van der Waals surface area contributed by atoms with Crippen molar-refractivity contribution < 1.29 is 13.2 Å². The van der Waals surface area contributed by atoms with Crippen molar-refractivity contribution in [3.63, 3.8) is 0 Å². The van der Waals surface area contributed by atoms with Crippen molar-refractivity contribution in [1.29, 1.82) is 0 Å². The summed E-state index contributed by atoms with van der Waals surface area (Å²) in [6.07, 6.45) is 14.1. The van der Waals surface area contributed by atoms with Crippen LogP contribution in [-0.4, -0.2) is 67.8 Å². The van der Waals surface area contributed by atoms with Crippen LogP contribution in [0.2, 0.25) is 0 Å². The van der Waals surface area contributed by atoms with Crippen molar-refractivity contribution in [1.82, 2.24) is 9.21 Å². The molecule has 5 nitrogen and oxygen atoms in total. The predicted molar refractivity (Wildman–Crippen MR) is 139 cm³/mol. The fourth-order valence-corrected chi connectivity index (χ4v) is 7.76. The lowest BCUT2D eigenvalue weighted by Crippen LogP contribution is -2.51. The van der Waals surface area contributed by atoms with Gasteiger partial charge in [0.2, 0.25) is 10.0 Å². The average Bonchev–Trinajstić information content (AvgIpc) is 3.28. The Morgan fingerprint density at radius 3 is 2.35 bits per heavy atom. The van der Waals surface area contributed by atoms with E-state index in [-0.39, 0.29) is 5.92 Å². The van der Waals surface area contributed by atoms with Crippen LogP contribution in [0.25, 0.3) is 0 Å². The molecule has 0 spiro atoms. The Balaban J connectivity index is 1.50. The number of rotatable bonds is 10. The SMILES string of the molecule is CCOCCC1CCN(S(=O)(=O)C2(CCN3CCCC3C)C=CC(c3ccccc3)C=C2)CC1. The average molecular weight is 487 g/mol. The number of nitrogens with zero attached hydrogens (tertiary/aromatic N) is 2. The first-order valence-corrected chi connectivity index (χ1v) is 14.6. The van der Waals surface area contributed by atoms with Gasteiger partial charge in [-0.05, 0) is 70.4 Å². The second kappa shape index (κ2) is 11.5. The van der Waals surface area contributed by atoms with E-state index in [1.54, 1.807) is 4.31 Å². The summed E-state index contributed by atoms with van der Waals surface area (Å²) in [6, 6.07) is 10.9. The van der Waals surface area contributed by atoms with Crippen LogP contribution in [0.15, 0.2) is 54.6 Å². The second-order valence-corrected chi connectivity index (χ2v) is 12.4. The molecule has 1 aromatic rings. The van der Waals surface area contributed by atoms with Gasteiger partial charge in [0.1, 0.15) is 4.75 Å². The van der Waals surface area contributed by atoms with Gasteiger partial charge in [0.15, 0.2) is 0 Å². The van der Waals surface area contributed by atoms with E-state index < -0.39 is 14.8 Å². The molecule has 0 amide bonds. The van der Waals surface area contributed by atoms with Gasteiger partial charge in [0, 0.05) is 44.8 Å². The van der Waals surface area contributed by atoms with Gasteiger partial charge in [-0.3, -0.25) is 0 Å². The van der Waals surface area contributed by atoms with Crippen LogP contribution in [0, 0.1) is 5.92 Å². The van der Waals surface area contributed by atoms with Crippen molar-refractivity contribution in [3.05, 3.63) is 60.2 Å². The number of sulfonamides is 1. The maximum absolute atomic E-state index is 14.1. The molecule has 0 aromatic heterocycles. The Hall–Kier alpha value is -1.47. The number of likely N-dealkylation sites (tertiary alicyclic amines) is 1. The monoisotopic (exact) mass is 486 g/mol. The van der Waals surface area contributed by atoms with Crippen LogP contribution in [0.1, 0.15) is 63.9 Å². The Bertz CT molecular complexity index is 922. The molecule has 2 aliphatic heterocycles. The molecule has 3 aliphatic rings. The first-order chi connectivity index (χ1) is 16.4. The lowest BCUT2D eigenvalue weighted by atomic mass is 9.88. The minimum atomic E-state index is -3.51. The summed E-state index contributed by atoms with van der Waals surface area (Å²) < 4.78 is 34.6. The molecule has 1 aliphatic carbocycles. The molecule has 6 heteroatoms. The van der Waals surface area contributed by atoms with Gasteiger partial charge in [0.05, 0.1) is 0 Å². The standard InChI is InChI=1S/C28H42N2O3S/c1-3-33-23-15-25-13-20-30(21-14-25)34(31,32)28(18-22-29-19-7-8-24(29)2)16-11-27(12-17-28)26-9-5-4-6-10-26/h4-6,9-12,16-17,24-25,27H,3,7-8,13-15,18-23H2,1-2H3. The van der Waals surface area contributed by atoms with Gasteiger partial charge in [-0.25, -0.2) is 12.7 Å². The molecule has 0 saturated carbocycles. The molecule has 2 heterocycles. The Kier molecular flexibility index (Phi) is 8.67. The van der Waals surface area contributed by atoms with Gasteiger partial charge in [0.25, 0.3) is 0 Å². The quantitative estimate of drug-likeness (QED) is 0.346. The zero-order valence-electron chi connectivity index (χ0n) is 20.9. The molecular weight excluding hydrogens is 444 g/mol. The van der Waals surface area contributed by atoms with Crippen LogP contribution in [0.5, 0.6) is 0 Å². The van der Waals surface area contributed by atoms with Crippen molar-refractivity contribution >= 4 is 10.0 Å². The highest BCUT2D eigenvalue weighted by Crippen LogP contribution is 2.38. The highest BCUT2D eigenvalue weighted by atomic mass is 32.2.